The van der Waals surface area contributed by atoms with Crippen LogP contribution < -0.4 is 5.73 Å². The van der Waals surface area contributed by atoms with Crippen LogP contribution in [0.15, 0.2) is 48.6 Å². The van der Waals surface area contributed by atoms with Crippen molar-refractivity contribution in [2.45, 2.75) is 199 Å². The molecule has 0 spiro atoms. The van der Waals surface area contributed by atoms with Crippen molar-refractivity contribution in [2.75, 3.05) is 26.4 Å². The van der Waals surface area contributed by atoms with Gasteiger partial charge in [-0.15, -0.1) is 0 Å². The molecule has 0 aliphatic carbocycles. The van der Waals surface area contributed by atoms with Gasteiger partial charge < -0.3 is 30.3 Å². The van der Waals surface area contributed by atoms with Gasteiger partial charge in [0.25, 0.3) is 0 Å². The minimum atomic E-state index is -4.44. The van der Waals surface area contributed by atoms with E-state index in [-0.39, 0.29) is 32.6 Å². The van der Waals surface area contributed by atoms with E-state index in [1.54, 1.807) is 36.5 Å². The molecule has 11 nitrogen and oxygen atoms in total. The molecule has 0 fully saturated rings. The third kappa shape index (κ3) is 40.5. The van der Waals surface area contributed by atoms with Crippen molar-refractivity contribution in [3.05, 3.63) is 48.6 Å². The molecule has 332 valence electrons. The largest absolute Gasteiger partial charge is 0.472 e. The fourth-order valence-corrected chi connectivity index (χ4v) is 6.77. The van der Waals surface area contributed by atoms with E-state index < -0.39 is 44.7 Å². The lowest BCUT2D eigenvalue weighted by molar-refractivity contribution is -0.161. The zero-order chi connectivity index (χ0) is 42.1. The third-order valence-corrected chi connectivity index (χ3v) is 10.4. The van der Waals surface area contributed by atoms with Gasteiger partial charge in [-0.2, -0.15) is 0 Å². The van der Waals surface area contributed by atoms with Crippen LogP contribution in [0.3, 0.4) is 0 Å². The van der Waals surface area contributed by atoms with Crippen molar-refractivity contribution in [2.24, 2.45) is 5.73 Å². The van der Waals surface area contributed by atoms with E-state index in [2.05, 4.69) is 19.9 Å². The number of rotatable bonds is 41. The molecule has 0 aromatic heterocycles. The van der Waals surface area contributed by atoms with Gasteiger partial charge in [0.15, 0.2) is 6.10 Å². The van der Waals surface area contributed by atoms with Gasteiger partial charge in [-0.3, -0.25) is 18.6 Å². The Balaban J connectivity index is 4.37. The number of allylic oxidation sites excluding steroid dienone is 5. The predicted molar refractivity (Wildman–Crippen MR) is 232 cm³/mol. The van der Waals surface area contributed by atoms with Crippen LogP contribution in [0.1, 0.15) is 181 Å². The highest BCUT2D eigenvalue weighted by molar-refractivity contribution is 7.47. The molecule has 0 radical (unpaired) electrons. The number of phosphoric acid groups is 1. The zero-order valence-corrected chi connectivity index (χ0v) is 36.7. The molecule has 0 aliphatic rings. The normalized spacial score (nSPS) is 14.8. The molecule has 4 atom stereocenters. The number of esters is 2. The van der Waals surface area contributed by atoms with Crippen LogP contribution in [0.25, 0.3) is 0 Å². The molecule has 5 N–H and O–H groups in total. The van der Waals surface area contributed by atoms with Gasteiger partial charge in [0.05, 0.1) is 25.4 Å². The summed E-state index contributed by atoms with van der Waals surface area (Å²) < 4.78 is 32.6. The molecule has 0 rings (SSSR count). The smallest absolute Gasteiger partial charge is 0.462 e. The second-order valence-electron chi connectivity index (χ2n) is 15.0. The van der Waals surface area contributed by atoms with E-state index >= 15 is 0 Å². The van der Waals surface area contributed by atoms with Crippen LogP contribution in [-0.2, 0) is 32.7 Å². The van der Waals surface area contributed by atoms with E-state index in [0.29, 0.717) is 25.7 Å². The number of aliphatic hydroxyl groups excluding tert-OH is 2. The summed E-state index contributed by atoms with van der Waals surface area (Å²) in [5.74, 6) is -1.07. The molecule has 0 saturated heterocycles. The van der Waals surface area contributed by atoms with E-state index in [4.69, 9.17) is 24.3 Å². The summed E-state index contributed by atoms with van der Waals surface area (Å²) in [4.78, 5) is 34.9. The summed E-state index contributed by atoms with van der Waals surface area (Å²) in [6.45, 7) is 3.40. The summed E-state index contributed by atoms with van der Waals surface area (Å²) >= 11 is 0. The fourth-order valence-electron chi connectivity index (χ4n) is 6.01. The molecule has 0 heterocycles. The van der Waals surface area contributed by atoms with Crippen LogP contribution in [0.2, 0.25) is 0 Å². The zero-order valence-electron chi connectivity index (χ0n) is 35.8. The van der Waals surface area contributed by atoms with Crippen LogP contribution >= 0.6 is 7.82 Å². The summed E-state index contributed by atoms with van der Waals surface area (Å²) in [7, 11) is -4.44. The molecule has 0 saturated carbocycles. The predicted octanol–water partition coefficient (Wildman–Crippen LogP) is 10.7. The second-order valence-corrected chi connectivity index (χ2v) is 16.4. The van der Waals surface area contributed by atoms with Gasteiger partial charge in [-0.05, 0) is 38.5 Å². The fraction of sp³-hybridized carbons (Fsp3) is 0.778. The number of nitrogens with two attached hydrogens (primary N) is 1. The average Bonchev–Trinajstić information content (AvgIpc) is 3.19. The molecular formula is C45H82NO10P. The van der Waals surface area contributed by atoms with Crippen molar-refractivity contribution >= 4 is 19.8 Å². The molecule has 0 aliphatic heterocycles. The number of carbonyl (C=O) groups is 2. The summed E-state index contributed by atoms with van der Waals surface area (Å²) in [6, 6.07) is 0. The van der Waals surface area contributed by atoms with Crippen LogP contribution in [0, 0.1) is 0 Å². The summed E-state index contributed by atoms with van der Waals surface area (Å²) in [5.41, 5.74) is 5.33. The standard InChI is InChI=1S/C45H82NO10P/c1-3-5-7-9-11-12-13-14-15-16-17-18-19-20-21-23-29-35-45(50)56-43(40-55-57(51,52)54-38-37-46)39-53-44(49)36-30-34-42(48)33-28-25-24-27-32-41(47)31-26-22-10-8-6-4-2/h22,24-28,32-33,41-43,47-48H,3-21,23,29-31,34-40,46H2,1-2H3,(H,51,52)/b25-24+,26-22-,32-27+,33-28-/t41-,42-,43-/m1/s1. The van der Waals surface area contributed by atoms with Crippen molar-refractivity contribution in [3.8, 4) is 0 Å². The van der Waals surface area contributed by atoms with Gasteiger partial charge in [0, 0.05) is 19.4 Å². The highest BCUT2D eigenvalue weighted by Gasteiger charge is 2.26. The molecule has 0 aromatic rings. The quantitative estimate of drug-likeness (QED) is 0.0152. The van der Waals surface area contributed by atoms with Crippen molar-refractivity contribution in [1.29, 1.82) is 0 Å². The Bertz CT molecular complexity index is 1110. The first kappa shape index (κ1) is 54.9. The maximum atomic E-state index is 12.6. The minimum absolute atomic E-state index is 0.0183. The van der Waals surface area contributed by atoms with Crippen LogP contribution in [-0.4, -0.2) is 71.7 Å². The Hall–Kier alpha value is -2.11. The lowest BCUT2D eigenvalue weighted by Crippen LogP contribution is -2.29. The number of carbonyl (C=O) groups excluding carboxylic acids is 2. The maximum absolute atomic E-state index is 12.6. The monoisotopic (exact) mass is 828 g/mol. The summed E-state index contributed by atoms with van der Waals surface area (Å²) in [5, 5.41) is 20.3. The van der Waals surface area contributed by atoms with E-state index in [0.717, 1.165) is 25.7 Å². The van der Waals surface area contributed by atoms with Crippen molar-refractivity contribution in [3.63, 3.8) is 0 Å². The molecule has 0 amide bonds. The Morgan fingerprint density at radius 3 is 1.68 bits per heavy atom. The first-order valence-electron chi connectivity index (χ1n) is 22.3. The Morgan fingerprint density at radius 1 is 0.614 bits per heavy atom. The van der Waals surface area contributed by atoms with Gasteiger partial charge in [0.2, 0.25) is 0 Å². The highest BCUT2D eigenvalue weighted by atomic mass is 31.2. The molecule has 57 heavy (non-hydrogen) atoms. The van der Waals surface area contributed by atoms with Crippen molar-refractivity contribution in [1.82, 2.24) is 0 Å². The summed E-state index contributed by atoms with van der Waals surface area (Å²) in [6.07, 6.45) is 39.1. The van der Waals surface area contributed by atoms with Gasteiger partial charge in [0.1, 0.15) is 6.61 Å². The Labute approximate surface area is 346 Å². The van der Waals surface area contributed by atoms with Gasteiger partial charge in [-0.1, -0.05) is 178 Å². The molecular weight excluding hydrogens is 745 g/mol. The van der Waals surface area contributed by atoms with Gasteiger partial charge in [-0.25, -0.2) is 4.57 Å². The van der Waals surface area contributed by atoms with Crippen molar-refractivity contribution < 1.29 is 47.8 Å². The number of phosphoric ester groups is 1. The first-order valence-corrected chi connectivity index (χ1v) is 23.8. The first-order chi connectivity index (χ1) is 27.6. The Morgan fingerprint density at radius 2 is 1.12 bits per heavy atom. The molecule has 0 aromatic carbocycles. The molecule has 0 bridgehead atoms. The molecule has 12 heteroatoms. The lowest BCUT2D eigenvalue weighted by atomic mass is 10.0. The number of hydrogen-bond acceptors (Lipinski definition) is 10. The number of ether oxygens (including phenoxy) is 2. The van der Waals surface area contributed by atoms with E-state index in [1.165, 1.54) is 103 Å². The number of unbranched alkanes of at least 4 members (excludes halogenated alkanes) is 19. The number of aliphatic hydroxyl groups is 2. The molecule has 1 unspecified atom stereocenters. The minimum Gasteiger partial charge on any atom is -0.462 e. The number of hydrogen-bond donors (Lipinski definition) is 4. The maximum Gasteiger partial charge on any atom is 0.472 e. The van der Waals surface area contributed by atoms with E-state index in [9.17, 15) is 29.3 Å². The topological polar surface area (TPSA) is 175 Å². The SMILES string of the molecule is CCCCC/C=C\C[C@@H](O)/C=C/C=C/C=C\[C@@H](O)CCCC(=O)OC[C@H](COP(=O)(O)OCCN)OC(=O)CCCCCCCCCCCCCCCCCCC. The third-order valence-electron chi connectivity index (χ3n) is 9.41. The Kier molecular flexibility index (Phi) is 39.2. The second kappa shape index (κ2) is 40.7. The highest BCUT2D eigenvalue weighted by Crippen LogP contribution is 2.43. The van der Waals surface area contributed by atoms with E-state index in [1.807, 2.05) is 6.08 Å². The average molecular weight is 828 g/mol. The van der Waals surface area contributed by atoms with Gasteiger partial charge >= 0.3 is 19.8 Å². The lowest BCUT2D eigenvalue weighted by Gasteiger charge is -2.20. The van der Waals surface area contributed by atoms with Crippen LogP contribution in [0.5, 0.6) is 0 Å². The van der Waals surface area contributed by atoms with Crippen LogP contribution in [0.4, 0.5) is 0 Å².